The molecule has 0 bridgehead atoms. The van der Waals surface area contributed by atoms with Crippen molar-refractivity contribution >= 4 is 11.6 Å². The number of phenols is 1. The molecule has 2 atom stereocenters. The summed E-state index contributed by atoms with van der Waals surface area (Å²) in [7, 11) is 4.30. The number of aromatic hydroxyl groups is 1. The van der Waals surface area contributed by atoms with Gasteiger partial charge in [-0.3, -0.25) is 4.90 Å². The van der Waals surface area contributed by atoms with E-state index in [9.17, 15) is 5.11 Å². The smallest absolute Gasteiger partial charge is 0.120 e. The molecule has 1 aromatic carbocycles. The van der Waals surface area contributed by atoms with Crippen LogP contribution in [0.1, 0.15) is 31.4 Å². The van der Waals surface area contributed by atoms with Crippen LogP contribution in [-0.4, -0.2) is 48.1 Å². The standard InChI is InChI=1S/C15H23ClN2O/c1-11(14-9-12(16)6-7-15(14)19)18(3)13-5-4-8-17(2)10-13/h6-7,9,11,13,19H,4-5,8,10H2,1-3H3. The molecule has 0 aliphatic carbocycles. The maximum absolute atomic E-state index is 10.0. The van der Waals surface area contributed by atoms with Crippen molar-refractivity contribution in [3.8, 4) is 5.75 Å². The highest BCUT2D eigenvalue weighted by Crippen LogP contribution is 2.32. The van der Waals surface area contributed by atoms with Gasteiger partial charge in [-0.15, -0.1) is 0 Å². The lowest BCUT2D eigenvalue weighted by Crippen LogP contribution is -2.45. The van der Waals surface area contributed by atoms with Gasteiger partial charge in [0.25, 0.3) is 0 Å². The van der Waals surface area contributed by atoms with E-state index >= 15 is 0 Å². The van der Waals surface area contributed by atoms with E-state index in [0.717, 1.165) is 12.1 Å². The predicted octanol–water partition coefficient (Wildman–Crippen LogP) is 3.13. The minimum Gasteiger partial charge on any atom is -0.508 e. The maximum atomic E-state index is 10.0. The van der Waals surface area contributed by atoms with Crippen molar-refractivity contribution in [1.29, 1.82) is 0 Å². The maximum Gasteiger partial charge on any atom is 0.120 e. The van der Waals surface area contributed by atoms with Crippen LogP contribution in [0.4, 0.5) is 0 Å². The highest BCUT2D eigenvalue weighted by atomic mass is 35.5. The normalized spacial score (nSPS) is 22.7. The minimum absolute atomic E-state index is 0.162. The molecule has 0 aromatic heterocycles. The molecule has 106 valence electrons. The Bertz CT molecular complexity index is 438. The van der Waals surface area contributed by atoms with E-state index in [-0.39, 0.29) is 6.04 Å². The summed E-state index contributed by atoms with van der Waals surface area (Å²) in [5.74, 6) is 0.327. The average Bonchev–Trinajstić information content (AvgIpc) is 2.40. The van der Waals surface area contributed by atoms with Crippen LogP contribution in [0.5, 0.6) is 5.75 Å². The van der Waals surface area contributed by atoms with E-state index in [1.165, 1.54) is 19.4 Å². The van der Waals surface area contributed by atoms with Gasteiger partial charge in [0.1, 0.15) is 5.75 Å². The predicted molar refractivity (Wildman–Crippen MR) is 79.8 cm³/mol. The summed E-state index contributed by atoms with van der Waals surface area (Å²) >= 11 is 6.04. The SMILES string of the molecule is CC(c1cc(Cl)ccc1O)N(C)C1CCCN(C)C1. The average molecular weight is 283 g/mol. The fourth-order valence-electron chi connectivity index (χ4n) is 2.87. The second-order valence-electron chi connectivity index (χ2n) is 5.60. The van der Waals surface area contributed by atoms with Crippen LogP contribution in [0.3, 0.4) is 0 Å². The molecule has 1 N–H and O–H groups in total. The van der Waals surface area contributed by atoms with Gasteiger partial charge in [-0.25, -0.2) is 0 Å². The fourth-order valence-corrected chi connectivity index (χ4v) is 3.05. The first-order valence-electron chi connectivity index (χ1n) is 6.88. The molecule has 1 aliphatic heterocycles. The zero-order valence-electron chi connectivity index (χ0n) is 11.9. The van der Waals surface area contributed by atoms with Gasteiger partial charge in [0.05, 0.1) is 0 Å². The molecule has 1 fully saturated rings. The van der Waals surface area contributed by atoms with E-state index in [2.05, 4.69) is 30.8 Å². The van der Waals surface area contributed by atoms with Gasteiger partial charge < -0.3 is 10.0 Å². The Kier molecular flexibility index (Phi) is 4.71. The highest BCUT2D eigenvalue weighted by Gasteiger charge is 2.26. The Morgan fingerprint density at radius 3 is 2.89 bits per heavy atom. The van der Waals surface area contributed by atoms with Crippen LogP contribution in [0, 0.1) is 0 Å². The van der Waals surface area contributed by atoms with Crippen molar-refractivity contribution in [3.63, 3.8) is 0 Å². The molecule has 0 radical (unpaired) electrons. The minimum atomic E-state index is 0.162. The molecule has 1 aliphatic rings. The van der Waals surface area contributed by atoms with Gasteiger partial charge in [-0.05, 0) is 58.6 Å². The lowest BCUT2D eigenvalue weighted by atomic mass is 10.00. The third-order valence-corrected chi connectivity index (χ3v) is 4.46. The number of rotatable bonds is 3. The Labute approximate surface area is 120 Å². The molecule has 1 saturated heterocycles. The highest BCUT2D eigenvalue weighted by molar-refractivity contribution is 6.30. The lowest BCUT2D eigenvalue weighted by molar-refractivity contribution is 0.104. The van der Waals surface area contributed by atoms with Crippen molar-refractivity contribution in [2.45, 2.75) is 31.8 Å². The first kappa shape index (κ1) is 14.6. The summed E-state index contributed by atoms with van der Waals surface area (Å²) in [6.07, 6.45) is 2.45. The summed E-state index contributed by atoms with van der Waals surface area (Å²) in [5, 5.41) is 10.7. The summed E-state index contributed by atoms with van der Waals surface area (Å²) in [6.45, 7) is 4.39. The third-order valence-electron chi connectivity index (χ3n) is 4.23. The first-order chi connectivity index (χ1) is 8.99. The van der Waals surface area contributed by atoms with Gasteiger partial charge in [0.2, 0.25) is 0 Å². The van der Waals surface area contributed by atoms with E-state index in [4.69, 9.17) is 11.6 Å². The summed E-state index contributed by atoms with van der Waals surface area (Å²) in [6, 6.07) is 5.96. The Morgan fingerprint density at radius 1 is 1.47 bits per heavy atom. The summed E-state index contributed by atoms with van der Waals surface area (Å²) < 4.78 is 0. The molecule has 0 amide bonds. The number of halogens is 1. The molecule has 4 heteroatoms. The van der Waals surface area contributed by atoms with Crippen LogP contribution in [-0.2, 0) is 0 Å². The second-order valence-corrected chi connectivity index (χ2v) is 6.04. The second kappa shape index (κ2) is 6.12. The zero-order valence-corrected chi connectivity index (χ0v) is 12.7. The van der Waals surface area contributed by atoms with Crippen LogP contribution in [0.25, 0.3) is 0 Å². The number of piperidine rings is 1. The number of phenolic OH excluding ortho intramolecular Hbond substituents is 1. The van der Waals surface area contributed by atoms with E-state index in [1.807, 2.05) is 6.07 Å². The Morgan fingerprint density at radius 2 is 2.21 bits per heavy atom. The largest absolute Gasteiger partial charge is 0.508 e. The monoisotopic (exact) mass is 282 g/mol. The summed E-state index contributed by atoms with van der Waals surface area (Å²) in [5.41, 5.74) is 0.906. The van der Waals surface area contributed by atoms with Crippen molar-refractivity contribution in [2.24, 2.45) is 0 Å². The third kappa shape index (κ3) is 3.41. The van der Waals surface area contributed by atoms with E-state index < -0.39 is 0 Å². The van der Waals surface area contributed by atoms with Gasteiger partial charge in [-0.2, -0.15) is 0 Å². The van der Waals surface area contributed by atoms with Gasteiger partial charge in [-0.1, -0.05) is 11.6 Å². The van der Waals surface area contributed by atoms with Crippen molar-refractivity contribution in [2.75, 3.05) is 27.2 Å². The van der Waals surface area contributed by atoms with Gasteiger partial charge in [0, 0.05) is 29.2 Å². The zero-order chi connectivity index (χ0) is 14.0. The van der Waals surface area contributed by atoms with Gasteiger partial charge >= 0.3 is 0 Å². The van der Waals surface area contributed by atoms with Crippen molar-refractivity contribution in [3.05, 3.63) is 28.8 Å². The van der Waals surface area contributed by atoms with Crippen molar-refractivity contribution in [1.82, 2.24) is 9.80 Å². The number of hydrogen-bond donors (Lipinski definition) is 1. The van der Waals surface area contributed by atoms with Gasteiger partial charge in [0.15, 0.2) is 0 Å². The number of nitrogens with zero attached hydrogens (tertiary/aromatic N) is 2. The molecule has 3 nitrogen and oxygen atoms in total. The molecule has 0 spiro atoms. The number of likely N-dealkylation sites (tertiary alicyclic amines) is 1. The summed E-state index contributed by atoms with van der Waals surface area (Å²) in [4.78, 5) is 4.72. The van der Waals surface area contributed by atoms with E-state index in [1.54, 1.807) is 12.1 Å². The van der Waals surface area contributed by atoms with Crippen molar-refractivity contribution < 1.29 is 5.11 Å². The molecule has 1 heterocycles. The van der Waals surface area contributed by atoms with Crippen LogP contribution >= 0.6 is 11.6 Å². The number of hydrogen-bond acceptors (Lipinski definition) is 3. The topological polar surface area (TPSA) is 26.7 Å². The number of likely N-dealkylation sites (N-methyl/N-ethyl adjacent to an activating group) is 2. The Balaban J connectivity index is 2.13. The first-order valence-corrected chi connectivity index (χ1v) is 7.25. The van der Waals surface area contributed by atoms with Crippen LogP contribution < -0.4 is 0 Å². The molecule has 2 unspecified atom stereocenters. The Hall–Kier alpha value is -0.770. The number of benzene rings is 1. The molecule has 19 heavy (non-hydrogen) atoms. The van der Waals surface area contributed by atoms with Crippen LogP contribution in [0.15, 0.2) is 18.2 Å². The molecular weight excluding hydrogens is 260 g/mol. The van der Waals surface area contributed by atoms with Crippen LogP contribution in [0.2, 0.25) is 5.02 Å². The fraction of sp³-hybridized carbons (Fsp3) is 0.600. The molecule has 2 rings (SSSR count). The quantitative estimate of drug-likeness (QED) is 0.923. The van der Waals surface area contributed by atoms with E-state index in [0.29, 0.717) is 16.8 Å². The molecule has 1 aromatic rings. The lowest BCUT2D eigenvalue weighted by Gasteiger charge is -2.39. The molecular formula is C15H23ClN2O. The molecule has 0 saturated carbocycles.